The Morgan fingerprint density at radius 1 is 1.08 bits per heavy atom. The molecule has 3 aliphatic rings. The predicted molar refractivity (Wildman–Crippen MR) is 129 cm³/mol. The number of allylic oxidation sites excluding steroid dienone is 1. The monoisotopic (exact) mass is 499 g/mol. The van der Waals surface area contributed by atoms with Crippen molar-refractivity contribution in [2.24, 2.45) is 29.4 Å². The highest BCUT2D eigenvalue weighted by molar-refractivity contribution is 6.21. The fraction of sp³-hybridized carbons (Fsp3) is 0.538. The summed E-state index contributed by atoms with van der Waals surface area (Å²) in [4.78, 5) is 52.4. The molecular weight excluding hydrogens is 466 g/mol. The van der Waals surface area contributed by atoms with Gasteiger partial charge in [-0.05, 0) is 56.3 Å². The number of phenols is 1. The van der Waals surface area contributed by atoms with E-state index in [1.54, 1.807) is 25.1 Å². The molecule has 0 radical (unpaired) electrons. The van der Waals surface area contributed by atoms with Gasteiger partial charge in [-0.3, -0.25) is 19.2 Å². The molecule has 0 saturated heterocycles. The minimum absolute atomic E-state index is 0.0352. The molecule has 0 aliphatic heterocycles. The minimum Gasteiger partial charge on any atom is -0.511 e. The number of hydrogen-bond acceptors (Lipinski definition) is 8. The van der Waals surface area contributed by atoms with Crippen molar-refractivity contribution in [3.05, 3.63) is 39.7 Å². The van der Waals surface area contributed by atoms with Gasteiger partial charge >= 0.3 is 0 Å². The van der Waals surface area contributed by atoms with Crippen LogP contribution in [0.15, 0.2) is 17.4 Å². The molecule has 0 aromatic heterocycles. The van der Waals surface area contributed by atoms with Crippen LogP contribution in [0.4, 0.5) is 0 Å². The van der Waals surface area contributed by atoms with Crippen LogP contribution in [0.5, 0.6) is 5.75 Å². The number of aliphatic hydroxyl groups excluding tert-OH is 2. The molecular formula is C26H33N3O7. The first-order valence-corrected chi connectivity index (χ1v) is 12.2. The van der Waals surface area contributed by atoms with Gasteiger partial charge < -0.3 is 31.3 Å². The number of ketones is 2. The van der Waals surface area contributed by atoms with Gasteiger partial charge in [0.1, 0.15) is 17.1 Å². The zero-order valence-corrected chi connectivity index (χ0v) is 20.7. The van der Waals surface area contributed by atoms with Gasteiger partial charge in [0.2, 0.25) is 5.91 Å². The van der Waals surface area contributed by atoms with E-state index in [9.17, 15) is 34.5 Å². The van der Waals surface area contributed by atoms with Gasteiger partial charge in [-0.2, -0.15) is 0 Å². The van der Waals surface area contributed by atoms with Crippen molar-refractivity contribution < 1.29 is 34.5 Å². The summed E-state index contributed by atoms with van der Waals surface area (Å²) in [6.45, 7) is 2.16. The second kappa shape index (κ2) is 9.67. The van der Waals surface area contributed by atoms with Crippen molar-refractivity contribution in [2.75, 3.05) is 20.6 Å². The molecule has 36 heavy (non-hydrogen) atoms. The van der Waals surface area contributed by atoms with Crippen molar-refractivity contribution in [1.82, 2.24) is 10.2 Å². The van der Waals surface area contributed by atoms with Gasteiger partial charge in [0.05, 0.1) is 30.0 Å². The maximum Gasteiger partial charge on any atom is 0.255 e. The number of amides is 2. The third-order valence-corrected chi connectivity index (χ3v) is 7.81. The van der Waals surface area contributed by atoms with Crippen LogP contribution < -0.4 is 11.1 Å². The van der Waals surface area contributed by atoms with Gasteiger partial charge in [-0.1, -0.05) is 13.0 Å². The zero-order valence-electron chi connectivity index (χ0n) is 20.7. The molecule has 4 rings (SSSR count). The summed E-state index contributed by atoms with van der Waals surface area (Å²) in [5, 5.41) is 35.4. The Balaban J connectivity index is 1.69. The Bertz CT molecular complexity index is 1170. The number of primary amides is 1. The molecule has 0 bridgehead atoms. The quantitative estimate of drug-likeness (QED) is 0.350. The van der Waals surface area contributed by atoms with Crippen molar-refractivity contribution in [2.45, 2.75) is 45.3 Å². The van der Waals surface area contributed by atoms with E-state index in [0.29, 0.717) is 24.8 Å². The number of carbonyl (C=O) groups is 4. The van der Waals surface area contributed by atoms with E-state index in [-0.39, 0.29) is 48.4 Å². The fourth-order valence-electron chi connectivity index (χ4n) is 6.29. The highest BCUT2D eigenvalue weighted by atomic mass is 16.3. The molecule has 2 amide bonds. The Morgan fingerprint density at radius 2 is 1.72 bits per heavy atom. The van der Waals surface area contributed by atoms with Crippen molar-refractivity contribution in [1.29, 1.82) is 0 Å². The first kappa shape index (κ1) is 25.8. The number of nitrogens with two attached hydrogens (primary N) is 1. The number of hydrogen-bond donors (Lipinski definition) is 5. The Morgan fingerprint density at radius 3 is 2.33 bits per heavy atom. The van der Waals surface area contributed by atoms with E-state index in [0.717, 1.165) is 11.1 Å². The van der Waals surface area contributed by atoms with E-state index in [1.807, 2.05) is 6.92 Å². The predicted octanol–water partition coefficient (Wildman–Crippen LogP) is 0.371. The topological polar surface area (TPSA) is 170 Å². The van der Waals surface area contributed by atoms with Crippen LogP contribution in [0.1, 0.15) is 46.8 Å². The minimum atomic E-state index is -1.38. The van der Waals surface area contributed by atoms with Crippen LogP contribution in [0, 0.1) is 23.7 Å². The van der Waals surface area contributed by atoms with Crippen LogP contribution in [0.2, 0.25) is 0 Å². The fourth-order valence-corrected chi connectivity index (χ4v) is 6.29. The SMILES string of the molecule is CCc1cc(CNC(=O)CN(C)C)c(O)c2c1C[C@H]1CC3CC(O)=C(C(N)=O)C(=O)C3C(O)C1C2=O. The lowest BCUT2D eigenvalue weighted by Crippen LogP contribution is -2.55. The van der Waals surface area contributed by atoms with Crippen LogP contribution in [-0.4, -0.2) is 70.3 Å². The Hall–Kier alpha value is -3.24. The van der Waals surface area contributed by atoms with Crippen LogP contribution in [0.25, 0.3) is 0 Å². The maximum absolute atomic E-state index is 13.8. The first-order chi connectivity index (χ1) is 17.0. The molecule has 1 fully saturated rings. The van der Waals surface area contributed by atoms with E-state index in [2.05, 4.69) is 5.32 Å². The average molecular weight is 500 g/mol. The summed E-state index contributed by atoms with van der Waals surface area (Å²) in [6.07, 6.45) is 0.0957. The van der Waals surface area contributed by atoms with E-state index in [1.165, 1.54) is 0 Å². The van der Waals surface area contributed by atoms with E-state index >= 15 is 0 Å². The number of aromatic hydroxyl groups is 1. The van der Waals surface area contributed by atoms with Gasteiger partial charge in [0.25, 0.3) is 5.91 Å². The van der Waals surface area contributed by atoms with Crippen LogP contribution in [-0.2, 0) is 33.8 Å². The second-order valence-electron chi connectivity index (χ2n) is 10.4. The first-order valence-electron chi connectivity index (χ1n) is 12.2. The molecule has 1 aromatic carbocycles. The summed E-state index contributed by atoms with van der Waals surface area (Å²) in [5.41, 5.74) is 6.91. The molecule has 0 heterocycles. The number of likely N-dealkylation sites (N-methyl/N-ethyl adjacent to an activating group) is 1. The maximum atomic E-state index is 13.8. The molecule has 6 N–H and O–H groups in total. The number of benzene rings is 1. The van der Waals surface area contributed by atoms with Crippen molar-refractivity contribution in [3.8, 4) is 5.75 Å². The number of fused-ring (bicyclic) bond motifs is 3. The third kappa shape index (κ3) is 4.28. The zero-order chi connectivity index (χ0) is 26.5. The van der Waals surface area contributed by atoms with E-state index in [4.69, 9.17) is 5.73 Å². The van der Waals surface area contributed by atoms with Gasteiger partial charge in [-0.25, -0.2) is 0 Å². The average Bonchev–Trinajstić information content (AvgIpc) is 2.77. The molecule has 10 heteroatoms. The molecule has 1 aromatic rings. The molecule has 1 saturated carbocycles. The van der Waals surface area contributed by atoms with Gasteiger partial charge in [0.15, 0.2) is 11.6 Å². The highest BCUT2D eigenvalue weighted by Gasteiger charge is 2.55. The smallest absolute Gasteiger partial charge is 0.255 e. The second-order valence-corrected chi connectivity index (χ2v) is 10.4. The molecule has 3 aliphatic carbocycles. The lowest BCUT2D eigenvalue weighted by Gasteiger charge is -2.47. The number of aliphatic hydroxyl groups is 2. The highest BCUT2D eigenvalue weighted by Crippen LogP contribution is 2.51. The summed E-state index contributed by atoms with van der Waals surface area (Å²) in [7, 11) is 3.53. The number of nitrogens with zero attached hydrogens (tertiary/aromatic N) is 1. The molecule has 5 atom stereocenters. The molecule has 0 spiro atoms. The summed E-state index contributed by atoms with van der Waals surface area (Å²) in [5.74, 6) is -5.74. The third-order valence-electron chi connectivity index (χ3n) is 7.81. The number of Topliss-reactive ketones (excluding diaryl/α,β-unsaturated/α-hetero) is 2. The van der Waals surface area contributed by atoms with E-state index < -0.39 is 46.9 Å². The normalized spacial score (nSPS) is 27.4. The molecule has 194 valence electrons. The number of nitrogens with one attached hydrogen (secondary N) is 1. The molecule has 4 unspecified atom stereocenters. The summed E-state index contributed by atoms with van der Waals surface area (Å²) < 4.78 is 0. The Labute approximate surface area is 209 Å². The number of aryl methyl sites for hydroxylation is 1. The largest absolute Gasteiger partial charge is 0.511 e. The standard InChI is InChI=1S/C26H33N3O7/c1-4-11-5-14(9-28-17(31)10-29(2)3)22(32)20-15(11)7-12-6-13-8-16(30)21(26(27)36)25(35)19(13)23(33)18(12)24(20)34/h5,12-13,18-19,23,30,32-33H,4,6-10H2,1-3H3,(H2,27,36)(H,28,31)/t12-,13?,18?,19?,23?/m1/s1. The van der Waals surface area contributed by atoms with Gasteiger partial charge in [-0.15, -0.1) is 0 Å². The van der Waals surface area contributed by atoms with Crippen LogP contribution >= 0.6 is 0 Å². The molecule has 10 nitrogen and oxygen atoms in total. The van der Waals surface area contributed by atoms with Gasteiger partial charge in [0, 0.05) is 18.5 Å². The Kier molecular flexibility index (Phi) is 6.94. The van der Waals surface area contributed by atoms with Crippen molar-refractivity contribution in [3.63, 3.8) is 0 Å². The van der Waals surface area contributed by atoms with Crippen molar-refractivity contribution >= 4 is 23.4 Å². The lowest BCUT2D eigenvalue weighted by molar-refractivity contribution is -0.135. The van der Waals surface area contributed by atoms with Crippen LogP contribution in [0.3, 0.4) is 0 Å². The number of rotatable bonds is 6. The lowest BCUT2D eigenvalue weighted by atomic mass is 9.56. The summed E-state index contributed by atoms with van der Waals surface area (Å²) >= 11 is 0. The number of carbonyl (C=O) groups excluding carboxylic acids is 4. The summed E-state index contributed by atoms with van der Waals surface area (Å²) in [6, 6.07) is 1.80. The number of phenolic OH excluding ortho intramolecular Hbond substituents is 1.